The molecule has 2 aliphatic heterocycles. The van der Waals surface area contributed by atoms with E-state index in [0.29, 0.717) is 6.10 Å². The Morgan fingerprint density at radius 3 is 2.30 bits per heavy atom. The molecule has 0 atom stereocenters. The summed E-state index contributed by atoms with van der Waals surface area (Å²) in [5, 5.41) is 3.35. The van der Waals surface area contributed by atoms with Gasteiger partial charge in [-0.15, -0.1) is 12.4 Å². The summed E-state index contributed by atoms with van der Waals surface area (Å²) in [6, 6.07) is 8.11. The summed E-state index contributed by atoms with van der Waals surface area (Å²) in [7, 11) is -0.332. The van der Waals surface area contributed by atoms with Gasteiger partial charge in [0.25, 0.3) is 0 Å². The Balaban J connectivity index is 0.00000192. The van der Waals surface area contributed by atoms with Crippen LogP contribution in [0, 0.1) is 0 Å². The molecule has 0 bridgehead atoms. The Hall–Kier alpha value is -0.745. The zero-order valence-electron chi connectivity index (χ0n) is 14.4. The maximum Gasteiger partial charge on any atom is 0.494 e. The molecule has 2 heterocycles. The van der Waals surface area contributed by atoms with Gasteiger partial charge >= 0.3 is 7.12 Å². The van der Waals surface area contributed by atoms with E-state index in [1.807, 2.05) is 24.3 Å². The molecule has 0 aromatic heterocycles. The second kappa shape index (κ2) is 7.02. The normalized spacial score (nSPS) is 23.4. The number of nitrogens with one attached hydrogen (secondary N) is 1. The lowest BCUT2D eigenvalue weighted by Gasteiger charge is -2.32. The molecule has 2 fully saturated rings. The lowest BCUT2D eigenvalue weighted by molar-refractivity contribution is 0.00578. The molecule has 6 heteroatoms. The van der Waals surface area contributed by atoms with Crippen LogP contribution in [0.15, 0.2) is 24.3 Å². The van der Waals surface area contributed by atoms with Crippen LogP contribution in [0.2, 0.25) is 0 Å². The summed E-state index contributed by atoms with van der Waals surface area (Å²) in [4.78, 5) is 0. The number of ether oxygens (including phenoxy) is 1. The van der Waals surface area contributed by atoms with Crippen LogP contribution in [0.5, 0.6) is 5.75 Å². The van der Waals surface area contributed by atoms with Gasteiger partial charge in [0, 0.05) is 0 Å². The first-order valence-corrected chi connectivity index (χ1v) is 8.20. The highest BCUT2D eigenvalue weighted by molar-refractivity contribution is 6.62. The van der Waals surface area contributed by atoms with Gasteiger partial charge < -0.3 is 19.4 Å². The Morgan fingerprint density at radius 2 is 1.70 bits per heavy atom. The highest BCUT2D eigenvalue weighted by Gasteiger charge is 2.51. The molecule has 0 amide bonds. The van der Waals surface area contributed by atoms with Crippen LogP contribution in [-0.2, 0) is 9.31 Å². The highest BCUT2D eigenvalue weighted by Crippen LogP contribution is 2.36. The average Bonchev–Trinajstić information content (AvgIpc) is 2.69. The van der Waals surface area contributed by atoms with Crippen molar-refractivity contribution >= 4 is 25.0 Å². The summed E-state index contributed by atoms with van der Waals surface area (Å²) in [5.74, 6) is 0.902. The van der Waals surface area contributed by atoms with E-state index in [0.717, 1.165) is 37.1 Å². The van der Waals surface area contributed by atoms with E-state index >= 15 is 0 Å². The smallest absolute Gasteiger partial charge is 0.490 e. The van der Waals surface area contributed by atoms with Crippen molar-refractivity contribution in [3.05, 3.63) is 24.3 Å². The number of piperidine rings is 1. The molecular weight excluding hydrogens is 312 g/mol. The average molecular weight is 340 g/mol. The lowest BCUT2D eigenvalue weighted by Crippen LogP contribution is -2.41. The van der Waals surface area contributed by atoms with Crippen LogP contribution in [0.3, 0.4) is 0 Å². The Bertz CT molecular complexity index is 516. The molecule has 128 valence electrons. The molecule has 1 N–H and O–H groups in total. The zero-order chi connectivity index (χ0) is 15.8. The van der Waals surface area contributed by atoms with Crippen molar-refractivity contribution in [1.29, 1.82) is 0 Å². The van der Waals surface area contributed by atoms with Crippen LogP contribution >= 0.6 is 12.4 Å². The van der Waals surface area contributed by atoms with Gasteiger partial charge in [0.2, 0.25) is 0 Å². The van der Waals surface area contributed by atoms with Gasteiger partial charge in [0.1, 0.15) is 11.9 Å². The molecule has 0 aliphatic carbocycles. The van der Waals surface area contributed by atoms with Gasteiger partial charge in [-0.3, -0.25) is 0 Å². The van der Waals surface area contributed by atoms with Crippen molar-refractivity contribution < 1.29 is 14.0 Å². The third-order valence-corrected chi connectivity index (χ3v) is 4.97. The second-order valence-electron chi connectivity index (χ2n) is 7.23. The largest absolute Gasteiger partial charge is 0.494 e. The van der Waals surface area contributed by atoms with Gasteiger partial charge in [-0.1, -0.05) is 12.1 Å². The van der Waals surface area contributed by atoms with E-state index < -0.39 is 0 Å². The fourth-order valence-electron chi connectivity index (χ4n) is 2.82. The van der Waals surface area contributed by atoms with Crippen molar-refractivity contribution in [2.75, 3.05) is 13.1 Å². The zero-order valence-corrected chi connectivity index (χ0v) is 15.2. The fourth-order valence-corrected chi connectivity index (χ4v) is 2.82. The van der Waals surface area contributed by atoms with E-state index in [9.17, 15) is 0 Å². The van der Waals surface area contributed by atoms with Crippen LogP contribution < -0.4 is 15.5 Å². The predicted octanol–water partition coefficient (Wildman–Crippen LogP) is 2.54. The van der Waals surface area contributed by atoms with Crippen molar-refractivity contribution in [3.8, 4) is 5.75 Å². The maximum atomic E-state index is 6.11. The molecule has 0 saturated carbocycles. The third kappa shape index (κ3) is 4.02. The summed E-state index contributed by atoms with van der Waals surface area (Å²) in [5.41, 5.74) is 0.387. The molecule has 2 aliphatic rings. The Labute approximate surface area is 145 Å². The van der Waals surface area contributed by atoms with E-state index in [2.05, 4.69) is 33.0 Å². The molecule has 0 unspecified atom stereocenters. The fraction of sp³-hybridized carbons (Fsp3) is 0.647. The van der Waals surface area contributed by atoms with Gasteiger partial charge in [0.05, 0.1) is 11.2 Å². The molecule has 0 radical (unpaired) electrons. The standard InChI is InChI=1S/C17H26BNO3.ClH/c1-16(2)17(3,4)22-18(21-16)13-6-5-7-15(12-13)20-14-8-10-19-11-9-14;/h5-7,12,14,19H,8-11H2,1-4H3;1H. The first-order valence-electron chi connectivity index (χ1n) is 8.20. The number of benzene rings is 1. The highest BCUT2D eigenvalue weighted by atomic mass is 35.5. The quantitative estimate of drug-likeness (QED) is 0.859. The summed E-state index contributed by atoms with van der Waals surface area (Å²) < 4.78 is 18.3. The summed E-state index contributed by atoms with van der Waals surface area (Å²) >= 11 is 0. The number of halogens is 1. The molecule has 4 nitrogen and oxygen atoms in total. The van der Waals surface area contributed by atoms with E-state index in [-0.39, 0.29) is 30.7 Å². The Morgan fingerprint density at radius 1 is 1.09 bits per heavy atom. The van der Waals surface area contributed by atoms with Crippen molar-refractivity contribution in [2.45, 2.75) is 57.8 Å². The van der Waals surface area contributed by atoms with E-state index in [1.54, 1.807) is 0 Å². The maximum absolute atomic E-state index is 6.11. The van der Waals surface area contributed by atoms with E-state index in [4.69, 9.17) is 14.0 Å². The first kappa shape index (κ1) is 18.6. The van der Waals surface area contributed by atoms with Crippen molar-refractivity contribution in [3.63, 3.8) is 0 Å². The molecular formula is C17H27BClNO3. The summed E-state index contributed by atoms with van der Waals surface area (Å²) in [6.07, 6.45) is 2.41. The van der Waals surface area contributed by atoms with Gasteiger partial charge in [-0.05, 0) is 71.2 Å². The van der Waals surface area contributed by atoms with Crippen molar-refractivity contribution in [2.24, 2.45) is 0 Å². The molecule has 3 rings (SSSR count). The van der Waals surface area contributed by atoms with Crippen LogP contribution in [0.25, 0.3) is 0 Å². The minimum atomic E-state index is -0.332. The third-order valence-electron chi connectivity index (χ3n) is 4.97. The SMILES string of the molecule is CC1(C)OB(c2cccc(OC3CCNCC3)c2)OC1(C)C.Cl. The molecule has 0 spiro atoms. The van der Waals surface area contributed by atoms with Crippen molar-refractivity contribution in [1.82, 2.24) is 5.32 Å². The number of hydrogen-bond acceptors (Lipinski definition) is 4. The topological polar surface area (TPSA) is 39.7 Å². The monoisotopic (exact) mass is 339 g/mol. The number of hydrogen-bond donors (Lipinski definition) is 1. The number of rotatable bonds is 3. The van der Waals surface area contributed by atoms with Gasteiger partial charge in [0.15, 0.2) is 0 Å². The molecule has 1 aromatic carbocycles. The molecule has 23 heavy (non-hydrogen) atoms. The first-order chi connectivity index (χ1) is 10.4. The predicted molar refractivity (Wildman–Crippen MR) is 95.9 cm³/mol. The molecule has 1 aromatic rings. The van der Waals surface area contributed by atoms with Crippen LogP contribution in [0.4, 0.5) is 0 Å². The summed E-state index contributed by atoms with van der Waals surface area (Å²) in [6.45, 7) is 10.3. The van der Waals surface area contributed by atoms with Gasteiger partial charge in [-0.2, -0.15) is 0 Å². The van der Waals surface area contributed by atoms with E-state index in [1.165, 1.54) is 0 Å². The van der Waals surface area contributed by atoms with Gasteiger partial charge in [-0.25, -0.2) is 0 Å². The minimum absolute atomic E-state index is 0. The van der Waals surface area contributed by atoms with Crippen LogP contribution in [0.1, 0.15) is 40.5 Å². The minimum Gasteiger partial charge on any atom is -0.490 e. The molecule has 2 saturated heterocycles. The lowest BCUT2D eigenvalue weighted by atomic mass is 9.79. The van der Waals surface area contributed by atoms with Crippen LogP contribution in [-0.4, -0.2) is 37.5 Å². The second-order valence-corrected chi connectivity index (χ2v) is 7.23. The Kier molecular flexibility index (Phi) is 5.67.